The van der Waals surface area contributed by atoms with E-state index in [4.69, 9.17) is 0 Å². The maximum Gasteiger partial charge on any atom is 0.251 e. The van der Waals surface area contributed by atoms with Gasteiger partial charge in [0, 0.05) is 23.4 Å². The Morgan fingerprint density at radius 3 is 2.07 bits per heavy atom. The van der Waals surface area contributed by atoms with Crippen LogP contribution in [-0.4, -0.2) is 30.2 Å². The summed E-state index contributed by atoms with van der Waals surface area (Å²) in [6.45, 7) is 5.31. The fourth-order valence-electron chi connectivity index (χ4n) is 2.49. The highest BCUT2D eigenvalue weighted by Gasteiger charge is 2.30. The Balaban J connectivity index is 2.17. The number of carbonyl (C=O) groups is 3. The summed E-state index contributed by atoms with van der Waals surface area (Å²) in [5.74, 6) is -0.625. The van der Waals surface area contributed by atoms with Crippen LogP contribution in [0.2, 0.25) is 0 Å². The van der Waals surface area contributed by atoms with Crippen LogP contribution in [0.1, 0.15) is 36.7 Å². The number of carbonyl (C=O) groups excluding carboxylic acids is 3. The smallest absolute Gasteiger partial charge is 0.251 e. The van der Waals surface area contributed by atoms with Gasteiger partial charge in [-0.3, -0.25) is 9.59 Å². The van der Waals surface area contributed by atoms with E-state index in [1.165, 1.54) is 0 Å². The van der Waals surface area contributed by atoms with E-state index in [0.717, 1.165) is 11.8 Å². The quantitative estimate of drug-likeness (QED) is 0.706. The summed E-state index contributed by atoms with van der Waals surface area (Å²) in [5, 5.41) is 5.68. The molecule has 2 aromatic rings. The highest BCUT2D eigenvalue weighted by molar-refractivity contribution is 5.97. The van der Waals surface area contributed by atoms with Crippen LogP contribution in [0.5, 0.6) is 0 Å². The molecule has 0 aliphatic carbocycles. The third-order valence-corrected chi connectivity index (χ3v) is 4.72. The lowest BCUT2D eigenvalue weighted by molar-refractivity contribution is -0.125. The number of benzene rings is 2. The van der Waals surface area contributed by atoms with Crippen molar-refractivity contribution in [2.24, 2.45) is 5.41 Å². The number of nitrogens with one attached hydrogen (secondary N) is 2. The van der Waals surface area contributed by atoms with E-state index in [-0.39, 0.29) is 17.9 Å². The van der Waals surface area contributed by atoms with Crippen LogP contribution in [0.4, 0.5) is 0 Å². The summed E-state index contributed by atoms with van der Waals surface area (Å²) in [4.78, 5) is 36.6. The Labute approximate surface area is 160 Å². The van der Waals surface area contributed by atoms with Crippen LogP contribution in [-0.2, 0) is 16.0 Å². The molecule has 0 unspecified atom stereocenters. The van der Waals surface area contributed by atoms with Crippen molar-refractivity contribution in [3.63, 3.8) is 0 Å². The van der Waals surface area contributed by atoms with Gasteiger partial charge in [-0.2, -0.15) is 0 Å². The van der Waals surface area contributed by atoms with Crippen LogP contribution < -0.4 is 10.6 Å². The zero-order valence-electron chi connectivity index (χ0n) is 15.9. The Morgan fingerprint density at radius 1 is 0.963 bits per heavy atom. The lowest BCUT2D eigenvalue weighted by Crippen LogP contribution is -2.53. The van der Waals surface area contributed by atoms with Crippen LogP contribution in [0.15, 0.2) is 60.7 Å². The lowest BCUT2D eigenvalue weighted by atomic mass is 9.87. The summed E-state index contributed by atoms with van der Waals surface area (Å²) >= 11 is 0. The molecule has 0 aliphatic heterocycles. The molecule has 0 fully saturated rings. The van der Waals surface area contributed by atoms with Gasteiger partial charge in [-0.1, -0.05) is 62.4 Å². The Kier molecular flexibility index (Phi) is 6.88. The molecule has 2 amide bonds. The third kappa shape index (κ3) is 5.78. The number of hydrogen-bond acceptors (Lipinski definition) is 3. The zero-order valence-corrected chi connectivity index (χ0v) is 15.9. The summed E-state index contributed by atoms with van der Waals surface area (Å²) < 4.78 is 0. The Hall–Kier alpha value is -2.95. The van der Waals surface area contributed by atoms with Crippen LogP contribution in [0.3, 0.4) is 0 Å². The summed E-state index contributed by atoms with van der Waals surface area (Å²) in [6.07, 6.45) is 1.19. The predicted molar refractivity (Wildman–Crippen MR) is 105 cm³/mol. The molecule has 27 heavy (non-hydrogen) atoms. The Morgan fingerprint density at radius 2 is 1.52 bits per heavy atom. The number of amides is 2. The van der Waals surface area contributed by atoms with E-state index in [0.29, 0.717) is 12.0 Å². The first-order chi connectivity index (χ1) is 12.8. The fraction of sp³-hybridized carbons (Fsp3) is 0.318. The summed E-state index contributed by atoms with van der Waals surface area (Å²) in [7, 11) is 0. The van der Waals surface area contributed by atoms with Crippen LogP contribution in [0, 0.1) is 5.41 Å². The summed E-state index contributed by atoms with van der Waals surface area (Å²) in [5.41, 5.74) is 0.731. The fourth-order valence-corrected chi connectivity index (χ4v) is 2.49. The molecule has 0 spiro atoms. The zero-order chi connectivity index (χ0) is 19.9. The van der Waals surface area contributed by atoms with Crippen molar-refractivity contribution in [1.82, 2.24) is 10.6 Å². The average molecular weight is 366 g/mol. The molecule has 0 saturated carbocycles. The average Bonchev–Trinajstić information content (AvgIpc) is 2.68. The van der Waals surface area contributed by atoms with Crippen molar-refractivity contribution < 1.29 is 14.4 Å². The monoisotopic (exact) mass is 366 g/mol. The molecule has 0 heterocycles. The van der Waals surface area contributed by atoms with Crippen LogP contribution in [0.25, 0.3) is 0 Å². The Bertz CT molecular complexity index is 773. The second-order valence-corrected chi connectivity index (χ2v) is 7.25. The first kappa shape index (κ1) is 20.4. The van der Waals surface area contributed by atoms with Gasteiger partial charge in [0.2, 0.25) is 5.91 Å². The molecule has 2 N–H and O–H groups in total. The highest BCUT2D eigenvalue weighted by atomic mass is 16.2. The first-order valence-corrected chi connectivity index (χ1v) is 9.00. The van der Waals surface area contributed by atoms with Crippen molar-refractivity contribution in [1.29, 1.82) is 0 Å². The largest absolute Gasteiger partial charge is 0.351 e. The van der Waals surface area contributed by atoms with Gasteiger partial charge in [0.1, 0.15) is 12.3 Å². The maximum absolute atomic E-state index is 12.8. The molecule has 142 valence electrons. The van der Waals surface area contributed by atoms with Crippen molar-refractivity contribution in [3.8, 4) is 0 Å². The second-order valence-electron chi connectivity index (χ2n) is 7.25. The number of rotatable bonds is 8. The van der Waals surface area contributed by atoms with Crippen molar-refractivity contribution in [2.75, 3.05) is 0 Å². The van der Waals surface area contributed by atoms with Gasteiger partial charge >= 0.3 is 0 Å². The summed E-state index contributed by atoms with van der Waals surface area (Å²) in [6, 6.07) is 17.2. The molecule has 0 radical (unpaired) electrons. The SMILES string of the molecule is C[C@H](NC(=O)[C@H](Cc1ccccc1)NC(=O)c1ccccc1)C(C)(C)C=O. The number of hydrogen-bond donors (Lipinski definition) is 2. The standard InChI is InChI=1S/C22H26N2O3/c1-16(22(2,3)15-25)23-21(27)19(14-17-10-6-4-7-11-17)24-20(26)18-12-8-5-9-13-18/h4-13,15-16,19H,14H2,1-3H3,(H,23,27)(H,24,26)/t16-,19-/m0/s1. The molecule has 2 aromatic carbocycles. The molecule has 0 bridgehead atoms. The molecule has 5 heteroatoms. The van der Waals surface area contributed by atoms with E-state index in [1.807, 2.05) is 36.4 Å². The molecular formula is C22H26N2O3. The lowest BCUT2D eigenvalue weighted by Gasteiger charge is -2.29. The van der Waals surface area contributed by atoms with E-state index in [2.05, 4.69) is 10.6 Å². The third-order valence-electron chi connectivity index (χ3n) is 4.72. The molecule has 0 saturated heterocycles. The minimum absolute atomic E-state index is 0.311. The van der Waals surface area contributed by atoms with Gasteiger partial charge in [0.15, 0.2) is 0 Å². The van der Waals surface area contributed by atoms with Gasteiger partial charge in [0.25, 0.3) is 5.91 Å². The molecule has 0 aliphatic rings. The number of aldehydes is 1. The molecule has 2 atom stereocenters. The van der Waals surface area contributed by atoms with E-state index < -0.39 is 11.5 Å². The normalized spacial score (nSPS) is 13.3. The van der Waals surface area contributed by atoms with Crippen molar-refractivity contribution >= 4 is 18.1 Å². The minimum Gasteiger partial charge on any atom is -0.351 e. The molecule has 0 aromatic heterocycles. The molecule has 5 nitrogen and oxygen atoms in total. The van der Waals surface area contributed by atoms with Gasteiger partial charge in [-0.05, 0) is 24.6 Å². The van der Waals surface area contributed by atoms with Crippen molar-refractivity contribution in [3.05, 3.63) is 71.8 Å². The first-order valence-electron chi connectivity index (χ1n) is 9.00. The van der Waals surface area contributed by atoms with Gasteiger partial charge in [-0.15, -0.1) is 0 Å². The molecule has 2 rings (SSSR count). The van der Waals surface area contributed by atoms with Crippen LogP contribution >= 0.6 is 0 Å². The second kappa shape index (κ2) is 9.12. The van der Waals surface area contributed by atoms with Gasteiger partial charge < -0.3 is 15.4 Å². The maximum atomic E-state index is 12.8. The molecular weight excluding hydrogens is 340 g/mol. The van der Waals surface area contributed by atoms with Gasteiger partial charge in [-0.25, -0.2) is 0 Å². The van der Waals surface area contributed by atoms with Gasteiger partial charge in [0.05, 0.1) is 0 Å². The predicted octanol–water partition coefficient (Wildman–Crippen LogP) is 2.76. The minimum atomic E-state index is -0.745. The highest BCUT2D eigenvalue weighted by Crippen LogP contribution is 2.17. The van der Waals surface area contributed by atoms with E-state index >= 15 is 0 Å². The van der Waals surface area contributed by atoms with E-state index in [9.17, 15) is 14.4 Å². The van der Waals surface area contributed by atoms with E-state index in [1.54, 1.807) is 45.0 Å². The van der Waals surface area contributed by atoms with Crippen molar-refractivity contribution in [2.45, 2.75) is 39.3 Å². The topological polar surface area (TPSA) is 75.3 Å².